The Morgan fingerprint density at radius 2 is 2.09 bits per heavy atom. The lowest BCUT2D eigenvalue weighted by Gasteiger charge is -2.17. The number of hydrogen-bond acceptors (Lipinski definition) is 3. The van der Waals surface area contributed by atoms with Crippen LogP contribution < -0.4 is 0 Å². The highest BCUT2D eigenvalue weighted by Gasteiger charge is 2.30. The Kier molecular flexibility index (Phi) is 4.07. The molecule has 1 fully saturated rings. The zero-order valence-electron chi connectivity index (χ0n) is 12.1. The van der Waals surface area contributed by atoms with E-state index >= 15 is 0 Å². The first-order valence-corrected chi connectivity index (χ1v) is 7.46. The number of nitrogens with zero attached hydrogens (tertiary/aromatic N) is 3. The Hall–Kier alpha value is -2.01. The quantitative estimate of drug-likeness (QED) is 0.854. The van der Waals surface area contributed by atoms with Gasteiger partial charge in [-0.15, -0.1) is 0 Å². The van der Waals surface area contributed by atoms with E-state index in [4.69, 9.17) is 11.6 Å². The largest absolute Gasteiger partial charge is 0.338 e. The monoisotopic (exact) mass is 319 g/mol. The summed E-state index contributed by atoms with van der Waals surface area (Å²) in [6.07, 6.45) is 2.41. The van der Waals surface area contributed by atoms with E-state index in [1.54, 1.807) is 11.1 Å². The topological polar surface area (TPSA) is 46.1 Å². The minimum absolute atomic E-state index is 0.0931. The third kappa shape index (κ3) is 2.95. The Labute approximate surface area is 133 Å². The molecular weight excluding hydrogens is 305 g/mol. The smallest absolute Gasteiger partial charge is 0.253 e. The number of rotatable bonds is 2. The van der Waals surface area contributed by atoms with Crippen LogP contribution in [-0.4, -0.2) is 33.9 Å². The summed E-state index contributed by atoms with van der Waals surface area (Å²) in [5, 5.41) is 0.534. The van der Waals surface area contributed by atoms with Crippen molar-refractivity contribution in [1.29, 1.82) is 0 Å². The lowest BCUT2D eigenvalue weighted by atomic mass is 10.0. The van der Waals surface area contributed by atoms with E-state index in [0.717, 1.165) is 12.1 Å². The van der Waals surface area contributed by atoms with Gasteiger partial charge in [0.05, 0.1) is 10.7 Å². The van der Waals surface area contributed by atoms with Crippen molar-refractivity contribution in [3.63, 3.8) is 0 Å². The fourth-order valence-electron chi connectivity index (χ4n) is 2.70. The summed E-state index contributed by atoms with van der Waals surface area (Å²) in [4.78, 5) is 22.6. The zero-order chi connectivity index (χ0) is 15.7. The molecule has 114 valence electrons. The van der Waals surface area contributed by atoms with E-state index < -0.39 is 0 Å². The van der Waals surface area contributed by atoms with Crippen LogP contribution in [0.2, 0.25) is 5.02 Å². The van der Waals surface area contributed by atoms with Crippen LogP contribution in [0.15, 0.2) is 30.5 Å². The molecular formula is C16H15ClFN3O. The van der Waals surface area contributed by atoms with Crippen molar-refractivity contribution < 1.29 is 9.18 Å². The standard InChI is InChI=1S/C16H15ClFN3O/c1-10-19-8-14(17)15(20-10)12-6-7-21(9-12)16(22)11-2-4-13(18)5-3-11/h2-5,8,12H,6-7,9H2,1H3. The van der Waals surface area contributed by atoms with Gasteiger partial charge in [0.2, 0.25) is 0 Å². The zero-order valence-corrected chi connectivity index (χ0v) is 12.8. The summed E-state index contributed by atoms with van der Waals surface area (Å²) in [5.41, 5.74) is 1.29. The molecule has 1 aliphatic rings. The molecule has 1 amide bonds. The second-order valence-corrected chi connectivity index (χ2v) is 5.80. The van der Waals surface area contributed by atoms with Gasteiger partial charge in [0, 0.05) is 30.8 Å². The van der Waals surface area contributed by atoms with Crippen molar-refractivity contribution in [2.24, 2.45) is 0 Å². The van der Waals surface area contributed by atoms with Crippen LogP contribution in [0.5, 0.6) is 0 Å². The van der Waals surface area contributed by atoms with E-state index in [1.807, 2.05) is 6.92 Å². The molecule has 2 heterocycles. The van der Waals surface area contributed by atoms with Crippen LogP contribution in [0.25, 0.3) is 0 Å². The maximum Gasteiger partial charge on any atom is 0.253 e. The van der Waals surface area contributed by atoms with E-state index in [2.05, 4.69) is 9.97 Å². The van der Waals surface area contributed by atoms with Gasteiger partial charge in [0.1, 0.15) is 11.6 Å². The van der Waals surface area contributed by atoms with Crippen LogP contribution in [0.3, 0.4) is 0 Å². The molecule has 0 saturated carbocycles. The van der Waals surface area contributed by atoms with Gasteiger partial charge < -0.3 is 4.90 Å². The predicted molar refractivity (Wildman–Crippen MR) is 81.4 cm³/mol. The number of carbonyl (C=O) groups excluding carboxylic acids is 1. The number of amides is 1. The first-order valence-electron chi connectivity index (χ1n) is 7.08. The van der Waals surface area contributed by atoms with Crippen molar-refractivity contribution in [3.05, 3.63) is 58.4 Å². The van der Waals surface area contributed by atoms with Crippen molar-refractivity contribution in [2.45, 2.75) is 19.3 Å². The summed E-state index contributed by atoms with van der Waals surface area (Å²) in [5.74, 6) is 0.338. The SMILES string of the molecule is Cc1ncc(Cl)c(C2CCN(C(=O)c3ccc(F)cc3)C2)n1. The molecule has 0 N–H and O–H groups in total. The minimum atomic E-state index is -0.348. The molecule has 1 saturated heterocycles. The van der Waals surface area contributed by atoms with Gasteiger partial charge in [0.15, 0.2) is 0 Å². The minimum Gasteiger partial charge on any atom is -0.338 e. The van der Waals surface area contributed by atoms with Crippen molar-refractivity contribution in [2.75, 3.05) is 13.1 Å². The van der Waals surface area contributed by atoms with Gasteiger partial charge in [-0.25, -0.2) is 14.4 Å². The molecule has 0 aliphatic carbocycles. The Morgan fingerprint density at radius 3 is 2.82 bits per heavy atom. The van der Waals surface area contributed by atoms with Gasteiger partial charge >= 0.3 is 0 Å². The second kappa shape index (κ2) is 6.01. The first kappa shape index (κ1) is 14.9. The predicted octanol–water partition coefficient (Wildman–Crippen LogP) is 3.21. The molecule has 2 aromatic rings. The van der Waals surface area contributed by atoms with Gasteiger partial charge in [-0.1, -0.05) is 11.6 Å². The summed E-state index contributed by atoms with van der Waals surface area (Å²) >= 11 is 6.17. The molecule has 1 aromatic heterocycles. The highest BCUT2D eigenvalue weighted by atomic mass is 35.5. The van der Waals surface area contributed by atoms with E-state index in [0.29, 0.717) is 29.5 Å². The van der Waals surface area contributed by atoms with Crippen LogP contribution in [0.1, 0.15) is 34.2 Å². The molecule has 0 spiro atoms. The van der Waals surface area contributed by atoms with Crippen molar-refractivity contribution in [1.82, 2.24) is 14.9 Å². The maximum atomic E-state index is 12.9. The normalized spacial score (nSPS) is 17.8. The molecule has 6 heteroatoms. The number of hydrogen-bond donors (Lipinski definition) is 0. The molecule has 1 atom stereocenters. The number of halogens is 2. The molecule has 3 rings (SSSR count). The van der Waals surface area contributed by atoms with Gasteiger partial charge in [-0.05, 0) is 37.6 Å². The van der Waals surface area contributed by atoms with Gasteiger partial charge in [0.25, 0.3) is 5.91 Å². The number of benzene rings is 1. The third-order valence-corrected chi connectivity index (χ3v) is 4.14. The van der Waals surface area contributed by atoms with Crippen LogP contribution >= 0.6 is 11.6 Å². The Morgan fingerprint density at radius 1 is 1.36 bits per heavy atom. The lowest BCUT2D eigenvalue weighted by Crippen LogP contribution is -2.28. The van der Waals surface area contributed by atoms with Crippen LogP contribution in [0, 0.1) is 12.7 Å². The van der Waals surface area contributed by atoms with Gasteiger partial charge in [-0.2, -0.15) is 0 Å². The summed E-state index contributed by atoms with van der Waals surface area (Å²) in [6, 6.07) is 5.61. The number of likely N-dealkylation sites (tertiary alicyclic amines) is 1. The fourth-order valence-corrected chi connectivity index (χ4v) is 2.95. The number of carbonyl (C=O) groups is 1. The lowest BCUT2D eigenvalue weighted by molar-refractivity contribution is 0.0790. The second-order valence-electron chi connectivity index (χ2n) is 5.39. The first-order chi connectivity index (χ1) is 10.5. The number of aryl methyl sites for hydroxylation is 1. The van der Waals surface area contributed by atoms with Crippen LogP contribution in [-0.2, 0) is 0 Å². The fraction of sp³-hybridized carbons (Fsp3) is 0.312. The molecule has 0 radical (unpaired) electrons. The molecule has 1 unspecified atom stereocenters. The molecule has 1 aliphatic heterocycles. The van der Waals surface area contributed by atoms with Crippen molar-refractivity contribution >= 4 is 17.5 Å². The average Bonchev–Trinajstić information content (AvgIpc) is 2.99. The third-order valence-electron chi connectivity index (χ3n) is 3.85. The summed E-state index contributed by atoms with van der Waals surface area (Å²) in [6.45, 7) is 3.02. The van der Waals surface area contributed by atoms with E-state index in [1.165, 1.54) is 24.3 Å². The summed E-state index contributed by atoms with van der Waals surface area (Å²) < 4.78 is 12.9. The molecule has 1 aromatic carbocycles. The van der Waals surface area contributed by atoms with Crippen molar-refractivity contribution in [3.8, 4) is 0 Å². The van der Waals surface area contributed by atoms with Gasteiger partial charge in [-0.3, -0.25) is 4.79 Å². The Balaban J connectivity index is 1.76. The summed E-state index contributed by atoms with van der Waals surface area (Å²) in [7, 11) is 0. The number of aromatic nitrogens is 2. The van der Waals surface area contributed by atoms with E-state index in [9.17, 15) is 9.18 Å². The average molecular weight is 320 g/mol. The highest BCUT2D eigenvalue weighted by molar-refractivity contribution is 6.31. The molecule has 0 bridgehead atoms. The molecule has 4 nitrogen and oxygen atoms in total. The Bertz CT molecular complexity index is 705. The molecule has 22 heavy (non-hydrogen) atoms. The highest BCUT2D eigenvalue weighted by Crippen LogP contribution is 2.31. The van der Waals surface area contributed by atoms with Crippen LogP contribution in [0.4, 0.5) is 4.39 Å². The van der Waals surface area contributed by atoms with E-state index in [-0.39, 0.29) is 17.6 Å². The maximum absolute atomic E-state index is 12.9.